The molecule has 3 aromatic rings. The van der Waals surface area contributed by atoms with Gasteiger partial charge in [0.05, 0.1) is 18.1 Å². The zero-order valence-corrected chi connectivity index (χ0v) is 14.2. The highest BCUT2D eigenvalue weighted by atomic mass is 16.3. The Balaban J connectivity index is 1.35. The van der Waals surface area contributed by atoms with Gasteiger partial charge in [0.1, 0.15) is 0 Å². The van der Waals surface area contributed by atoms with Crippen LogP contribution >= 0.6 is 0 Å². The summed E-state index contributed by atoms with van der Waals surface area (Å²) >= 11 is 0. The van der Waals surface area contributed by atoms with Crippen LogP contribution in [0.4, 0.5) is 0 Å². The molecule has 7 nitrogen and oxygen atoms in total. The van der Waals surface area contributed by atoms with E-state index in [1.165, 1.54) is 6.26 Å². The molecule has 0 bridgehead atoms. The highest BCUT2D eigenvalue weighted by Crippen LogP contribution is 2.09. The summed E-state index contributed by atoms with van der Waals surface area (Å²) in [5.74, 6) is -0.103. The highest BCUT2D eigenvalue weighted by Gasteiger charge is 2.08. The molecule has 3 rings (SSSR count). The van der Waals surface area contributed by atoms with Crippen molar-refractivity contribution in [3.05, 3.63) is 72.4 Å². The van der Waals surface area contributed by atoms with Gasteiger partial charge in [-0.2, -0.15) is 5.10 Å². The first-order chi connectivity index (χ1) is 12.7. The maximum absolute atomic E-state index is 11.9. The summed E-state index contributed by atoms with van der Waals surface area (Å²) in [5.41, 5.74) is 1.98. The fourth-order valence-corrected chi connectivity index (χ4v) is 2.43. The van der Waals surface area contributed by atoms with E-state index in [4.69, 9.17) is 4.42 Å². The molecule has 0 radical (unpaired) electrons. The fraction of sp³-hybridized carbons (Fsp3) is 0.211. The number of para-hydroxylation sites is 1. The van der Waals surface area contributed by atoms with Crippen LogP contribution in [0.1, 0.15) is 22.5 Å². The molecule has 2 aromatic heterocycles. The first kappa shape index (κ1) is 17.5. The summed E-state index contributed by atoms with van der Waals surface area (Å²) in [6, 6.07) is 13.0. The van der Waals surface area contributed by atoms with E-state index in [1.54, 1.807) is 23.0 Å². The normalized spacial score (nSPS) is 10.5. The molecule has 0 fully saturated rings. The standard InChI is InChI=1S/C19H20N4O3/c24-18(20-10-11-21-19(25)17-7-4-12-26-17)9-8-15-13-22-23(14-15)16-5-2-1-3-6-16/h1-7,12-14H,8-11H2,(H,20,24)(H,21,25). The van der Waals surface area contributed by atoms with Crippen LogP contribution in [0.15, 0.2) is 65.5 Å². The minimum Gasteiger partial charge on any atom is -0.459 e. The highest BCUT2D eigenvalue weighted by molar-refractivity contribution is 5.91. The Morgan fingerprint density at radius 1 is 1.04 bits per heavy atom. The molecule has 0 saturated heterocycles. The number of nitrogens with zero attached hydrogens (tertiary/aromatic N) is 2. The molecule has 2 heterocycles. The molecule has 0 atom stereocenters. The molecule has 26 heavy (non-hydrogen) atoms. The average Bonchev–Trinajstić information content (AvgIpc) is 3.36. The van der Waals surface area contributed by atoms with E-state index in [9.17, 15) is 9.59 Å². The van der Waals surface area contributed by atoms with Crippen LogP contribution in [0.2, 0.25) is 0 Å². The van der Waals surface area contributed by atoms with Crippen LogP contribution in [0, 0.1) is 0 Å². The van der Waals surface area contributed by atoms with Crippen LogP contribution in [-0.4, -0.2) is 34.7 Å². The molecule has 2 amide bonds. The van der Waals surface area contributed by atoms with Gasteiger partial charge in [-0.25, -0.2) is 4.68 Å². The van der Waals surface area contributed by atoms with Crippen LogP contribution in [0.5, 0.6) is 0 Å². The van der Waals surface area contributed by atoms with Crippen molar-refractivity contribution in [2.75, 3.05) is 13.1 Å². The summed E-state index contributed by atoms with van der Waals surface area (Å²) in [7, 11) is 0. The van der Waals surface area contributed by atoms with Gasteiger partial charge in [0.15, 0.2) is 5.76 Å². The van der Waals surface area contributed by atoms with Crippen molar-refractivity contribution in [1.82, 2.24) is 20.4 Å². The largest absolute Gasteiger partial charge is 0.459 e. The predicted octanol–water partition coefficient (Wildman–Crippen LogP) is 1.94. The molecule has 7 heteroatoms. The van der Waals surface area contributed by atoms with Crippen LogP contribution in [0.3, 0.4) is 0 Å². The summed E-state index contributed by atoms with van der Waals surface area (Å²) in [6.07, 6.45) is 6.11. The van der Waals surface area contributed by atoms with Crippen LogP contribution < -0.4 is 10.6 Å². The lowest BCUT2D eigenvalue weighted by molar-refractivity contribution is -0.121. The Hall–Kier alpha value is -3.35. The summed E-state index contributed by atoms with van der Waals surface area (Å²) in [5, 5.41) is 9.77. The topological polar surface area (TPSA) is 89.2 Å². The van der Waals surface area contributed by atoms with E-state index in [2.05, 4.69) is 15.7 Å². The third kappa shape index (κ3) is 4.83. The third-order valence-corrected chi connectivity index (χ3v) is 3.78. The van der Waals surface area contributed by atoms with Crippen molar-refractivity contribution in [2.45, 2.75) is 12.8 Å². The van der Waals surface area contributed by atoms with Gasteiger partial charge in [0.25, 0.3) is 5.91 Å². The van der Waals surface area contributed by atoms with Gasteiger partial charge in [0, 0.05) is 25.7 Å². The van der Waals surface area contributed by atoms with Crippen molar-refractivity contribution in [1.29, 1.82) is 0 Å². The third-order valence-electron chi connectivity index (χ3n) is 3.78. The Morgan fingerprint density at radius 3 is 2.62 bits per heavy atom. The van der Waals surface area contributed by atoms with Crippen molar-refractivity contribution in [2.24, 2.45) is 0 Å². The number of amides is 2. The van der Waals surface area contributed by atoms with Gasteiger partial charge in [-0.15, -0.1) is 0 Å². The minimum atomic E-state index is -0.294. The maximum Gasteiger partial charge on any atom is 0.287 e. The van der Waals surface area contributed by atoms with Gasteiger partial charge < -0.3 is 15.1 Å². The van der Waals surface area contributed by atoms with E-state index in [1.807, 2.05) is 36.5 Å². The molecule has 0 aliphatic carbocycles. The average molecular weight is 352 g/mol. The Kier molecular flexibility index (Phi) is 5.82. The lowest BCUT2D eigenvalue weighted by Crippen LogP contribution is -2.34. The van der Waals surface area contributed by atoms with Crippen molar-refractivity contribution in [3.63, 3.8) is 0 Å². The first-order valence-corrected chi connectivity index (χ1v) is 8.40. The molecular weight excluding hydrogens is 332 g/mol. The van der Waals surface area contributed by atoms with Gasteiger partial charge in [0.2, 0.25) is 5.91 Å². The number of rotatable bonds is 8. The maximum atomic E-state index is 11.9. The number of hydrogen-bond acceptors (Lipinski definition) is 4. The molecule has 0 saturated carbocycles. The number of hydrogen-bond donors (Lipinski definition) is 2. The van der Waals surface area contributed by atoms with Crippen molar-refractivity contribution >= 4 is 11.8 Å². The predicted molar refractivity (Wildman–Crippen MR) is 95.9 cm³/mol. The van der Waals surface area contributed by atoms with Gasteiger partial charge in [-0.05, 0) is 36.2 Å². The Bertz CT molecular complexity index is 841. The molecule has 0 aliphatic rings. The van der Waals surface area contributed by atoms with E-state index in [0.717, 1.165) is 11.3 Å². The van der Waals surface area contributed by atoms with E-state index >= 15 is 0 Å². The minimum absolute atomic E-state index is 0.0651. The Morgan fingerprint density at radius 2 is 1.85 bits per heavy atom. The number of carbonyl (C=O) groups excluding carboxylic acids is 2. The lowest BCUT2D eigenvalue weighted by atomic mass is 10.2. The monoisotopic (exact) mass is 352 g/mol. The van der Waals surface area contributed by atoms with Crippen LogP contribution in [0.25, 0.3) is 5.69 Å². The first-order valence-electron chi connectivity index (χ1n) is 8.40. The second-order valence-electron chi connectivity index (χ2n) is 5.71. The van der Waals surface area contributed by atoms with Crippen molar-refractivity contribution in [3.8, 4) is 5.69 Å². The smallest absolute Gasteiger partial charge is 0.287 e. The summed E-state index contributed by atoms with van der Waals surface area (Å²) < 4.78 is 6.78. The van der Waals surface area contributed by atoms with E-state index in [0.29, 0.717) is 25.9 Å². The number of benzene rings is 1. The van der Waals surface area contributed by atoms with E-state index in [-0.39, 0.29) is 17.6 Å². The molecule has 0 unspecified atom stereocenters. The zero-order valence-electron chi connectivity index (χ0n) is 14.2. The van der Waals surface area contributed by atoms with Gasteiger partial charge >= 0.3 is 0 Å². The summed E-state index contributed by atoms with van der Waals surface area (Å²) in [6.45, 7) is 0.714. The second-order valence-corrected chi connectivity index (χ2v) is 5.71. The molecular formula is C19H20N4O3. The lowest BCUT2D eigenvalue weighted by Gasteiger charge is -2.05. The quantitative estimate of drug-likeness (QED) is 0.607. The van der Waals surface area contributed by atoms with Gasteiger partial charge in [-0.1, -0.05) is 18.2 Å². The Labute approximate surface area is 151 Å². The molecule has 2 N–H and O–H groups in total. The number of furan rings is 1. The number of nitrogens with one attached hydrogen (secondary N) is 2. The molecule has 1 aromatic carbocycles. The van der Waals surface area contributed by atoms with Crippen molar-refractivity contribution < 1.29 is 14.0 Å². The summed E-state index contributed by atoms with van der Waals surface area (Å²) in [4.78, 5) is 23.6. The zero-order chi connectivity index (χ0) is 18.2. The SMILES string of the molecule is O=C(CCc1cnn(-c2ccccc2)c1)NCCNC(=O)c1ccco1. The number of carbonyl (C=O) groups is 2. The molecule has 0 spiro atoms. The molecule has 134 valence electrons. The fourth-order valence-electron chi connectivity index (χ4n) is 2.43. The van der Waals surface area contributed by atoms with E-state index < -0.39 is 0 Å². The number of aryl methyl sites for hydroxylation is 1. The molecule has 0 aliphatic heterocycles. The second kappa shape index (κ2) is 8.66. The number of aromatic nitrogens is 2. The van der Waals surface area contributed by atoms with Crippen LogP contribution in [-0.2, 0) is 11.2 Å². The van der Waals surface area contributed by atoms with Gasteiger partial charge in [-0.3, -0.25) is 9.59 Å².